The fourth-order valence-electron chi connectivity index (χ4n) is 3.54. The number of rotatable bonds is 6. The number of aromatic nitrogens is 1. The molecule has 2 heterocycles. The quantitative estimate of drug-likeness (QED) is 0.598. The summed E-state index contributed by atoms with van der Waals surface area (Å²) in [5, 5.41) is 1.24. The van der Waals surface area contributed by atoms with Crippen LogP contribution in [0.15, 0.2) is 59.6 Å². The fraction of sp³-hybridized carbons (Fsp3) is 0.217. The minimum absolute atomic E-state index is 0.144. The van der Waals surface area contributed by atoms with E-state index in [1.165, 1.54) is 28.8 Å². The number of hydrogen-bond acceptors (Lipinski definition) is 3. The van der Waals surface area contributed by atoms with Crippen molar-refractivity contribution in [3.8, 4) is 0 Å². The molecule has 0 fully saturated rings. The second kappa shape index (κ2) is 7.87. The number of imide groups is 1. The number of aromatic amines is 1. The standard InChI is InChI=1S/C23H21FN2O2S/c1-14(2)29-21-20(15-7-9-17(24)10-8-15)22(27)26(23(21)28)12-11-16-13-25-19-6-4-3-5-18(16)19/h3-10,13-14,25H,11-12H2,1-2H3. The lowest BCUT2D eigenvalue weighted by Crippen LogP contribution is -2.33. The minimum atomic E-state index is -0.375. The molecule has 2 aromatic carbocycles. The highest BCUT2D eigenvalue weighted by atomic mass is 32.2. The van der Waals surface area contributed by atoms with Crippen molar-refractivity contribution in [1.82, 2.24) is 9.88 Å². The highest BCUT2D eigenvalue weighted by molar-refractivity contribution is 8.04. The number of amides is 2. The lowest BCUT2D eigenvalue weighted by Gasteiger charge is -2.15. The van der Waals surface area contributed by atoms with Crippen LogP contribution in [0.4, 0.5) is 4.39 Å². The fourth-order valence-corrected chi connectivity index (χ4v) is 4.55. The number of halogens is 1. The van der Waals surface area contributed by atoms with Gasteiger partial charge >= 0.3 is 0 Å². The van der Waals surface area contributed by atoms with E-state index in [9.17, 15) is 14.0 Å². The Hall–Kier alpha value is -2.86. The third-order valence-electron chi connectivity index (χ3n) is 4.89. The third kappa shape index (κ3) is 3.72. The van der Waals surface area contributed by atoms with Crippen LogP contribution in [0.1, 0.15) is 25.0 Å². The summed E-state index contributed by atoms with van der Waals surface area (Å²) in [6.07, 6.45) is 2.49. The second-order valence-electron chi connectivity index (χ2n) is 7.25. The molecule has 29 heavy (non-hydrogen) atoms. The summed E-state index contributed by atoms with van der Waals surface area (Å²) in [6.45, 7) is 4.25. The van der Waals surface area contributed by atoms with Gasteiger partial charge in [-0.2, -0.15) is 0 Å². The van der Waals surface area contributed by atoms with E-state index in [-0.39, 0.29) is 22.9 Å². The number of nitrogens with zero attached hydrogens (tertiary/aromatic N) is 1. The maximum absolute atomic E-state index is 13.4. The highest BCUT2D eigenvalue weighted by Gasteiger charge is 2.39. The van der Waals surface area contributed by atoms with Crippen LogP contribution in [-0.2, 0) is 16.0 Å². The van der Waals surface area contributed by atoms with Gasteiger partial charge in [-0.1, -0.05) is 44.2 Å². The minimum Gasteiger partial charge on any atom is -0.361 e. The predicted molar refractivity (Wildman–Crippen MR) is 115 cm³/mol. The summed E-state index contributed by atoms with van der Waals surface area (Å²) in [5.41, 5.74) is 3.03. The zero-order valence-electron chi connectivity index (χ0n) is 16.2. The summed E-state index contributed by atoms with van der Waals surface area (Å²) in [5.74, 6) is -0.960. The molecule has 2 amide bonds. The van der Waals surface area contributed by atoms with Gasteiger partial charge in [-0.3, -0.25) is 14.5 Å². The zero-order valence-corrected chi connectivity index (χ0v) is 17.1. The number of para-hydroxylation sites is 1. The third-order valence-corrected chi connectivity index (χ3v) is 5.98. The lowest BCUT2D eigenvalue weighted by atomic mass is 10.1. The first-order chi connectivity index (χ1) is 14.0. The van der Waals surface area contributed by atoms with Gasteiger partial charge in [-0.05, 0) is 35.7 Å². The van der Waals surface area contributed by atoms with Crippen LogP contribution < -0.4 is 0 Å². The van der Waals surface area contributed by atoms with Crippen molar-refractivity contribution >= 4 is 40.1 Å². The summed E-state index contributed by atoms with van der Waals surface area (Å²) in [4.78, 5) is 31.2. The van der Waals surface area contributed by atoms with E-state index in [1.807, 2.05) is 44.3 Å². The number of thioether (sulfide) groups is 1. The average Bonchev–Trinajstić information content (AvgIpc) is 3.20. The van der Waals surface area contributed by atoms with E-state index in [0.29, 0.717) is 29.0 Å². The maximum Gasteiger partial charge on any atom is 0.268 e. The number of carbonyl (C=O) groups is 2. The average molecular weight is 408 g/mol. The molecular weight excluding hydrogens is 387 g/mol. The van der Waals surface area contributed by atoms with Crippen molar-refractivity contribution in [2.45, 2.75) is 25.5 Å². The SMILES string of the molecule is CC(C)SC1=C(c2ccc(F)cc2)C(=O)N(CCc2c[nH]c3ccccc23)C1=O. The lowest BCUT2D eigenvalue weighted by molar-refractivity contribution is -0.136. The highest BCUT2D eigenvalue weighted by Crippen LogP contribution is 2.38. The van der Waals surface area contributed by atoms with Crippen molar-refractivity contribution in [3.05, 3.63) is 76.6 Å². The van der Waals surface area contributed by atoms with Gasteiger partial charge in [0.15, 0.2) is 0 Å². The van der Waals surface area contributed by atoms with Crippen LogP contribution in [-0.4, -0.2) is 33.5 Å². The molecule has 0 saturated carbocycles. The van der Waals surface area contributed by atoms with Gasteiger partial charge in [0.1, 0.15) is 5.82 Å². The Morgan fingerprint density at radius 1 is 1.03 bits per heavy atom. The van der Waals surface area contributed by atoms with E-state index in [0.717, 1.165) is 16.5 Å². The Balaban J connectivity index is 1.62. The molecule has 148 valence electrons. The van der Waals surface area contributed by atoms with Crippen molar-refractivity contribution in [3.63, 3.8) is 0 Å². The summed E-state index contributed by atoms with van der Waals surface area (Å²) in [7, 11) is 0. The molecule has 1 aromatic heterocycles. The zero-order chi connectivity index (χ0) is 20.5. The number of benzene rings is 2. The molecule has 1 aliphatic rings. The van der Waals surface area contributed by atoms with Gasteiger partial charge in [-0.15, -0.1) is 11.8 Å². The van der Waals surface area contributed by atoms with Crippen LogP contribution in [0.25, 0.3) is 16.5 Å². The second-order valence-corrected chi connectivity index (χ2v) is 8.84. The van der Waals surface area contributed by atoms with Crippen molar-refractivity contribution in [2.24, 2.45) is 0 Å². The number of H-pyrrole nitrogens is 1. The monoisotopic (exact) mass is 408 g/mol. The Kier molecular flexibility index (Phi) is 5.28. The van der Waals surface area contributed by atoms with Crippen LogP contribution in [0.3, 0.4) is 0 Å². The topological polar surface area (TPSA) is 53.2 Å². The molecule has 0 bridgehead atoms. The maximum atomic E-state index is 13.4. The smallest absolute Gasteiger partial charge is 0.268 e. The summed E-state index contributed by atoms with van der Waals surface area (Å²) < 4.78 is 13.4. The van der Waals surface area contributed by atoms with Crippen molar-refractivity contribution in [1.29, 1.82) is 0 Å². The van der Waals surface area contributed by atoms with Gasteiger partial charge in [0.25, 0.3) is 11.8 Å². The number of fused-ring (bicyclic) bond motifs is 1. The number of nitrogens with one attached hydrogen (secondary N) is 1. The first-order valence-electron chi connectivity index (χ1n) is 9.53. The molecule has 4 rings (SSSR count). The molecule has 0 spiro atoms. The molecule has 4 nitrogen and oxygen atoms in total. The van der Waals surface area contributed by atoms with Gasteiger partial charge in [-0.25, -0.2) is 4.39 Å². The van der Waals surface area contributed by atoms with E-state index in [1.54, 1.807) is 12.1 Å². The number of carbonyl (C=O) groups excluding carboxylic acids is 2. The van der Waals surface area contributed by atoms with Gasteiger partial charge in [0.2, 0.25) is 0 Å². The Labute approximate surface area is 172 Å². The number of hydrogen-bond donors (Lipinski definition) is 1. The van der Waals surface area contributed by atoms with Crippen LogP contribution in [0.5, 0.6) is 0 Å². The molecule has 6 heteroatoms. The molecule has 0 aliphatic carbocycles. The molecule has 1 N–H and O–H groups in total. The normalized spacial score (nSPS) is 14.7. The molecule has 3 aromatic rings. The molecule has 0 saturated heterocycles. The Morgan fingerprint density at radius 3 is 2.48 bits per heavy atom. The predicted octanol–water partition coefficient (Wildman–Crippen LogP) is 4.77. The van der Waals surface area contributed by atoms with Crippen molar-refractivity contribution in [2.75, 3.05) is 6.54 Å². The van der Waals surface area contributed by atoms with Gasteiger partial charge in [0.05, 0.1) is 10.5 Å². The molecule has 1 aliphatic heterocycles. The van der Waals surface area contributed by atoms with Gasteiger partial charge < -0.3 is 4.98 Å². The molecule has 0 unspecified atom stereocenters. The molecular formula is C23H21FN2O2S. The first-order valence-corrected chi connectivity index (χ1v) is 10.4. The largest absolute Gasteiger partial charge is 0.361 e. The van der Waals surface area contributed by atoms with E-state index >= 15 is 0 Å². The van der Waals surface area contributed by atoms with E-state index in [4.69, 9.17) is 0 Å². The van der Waals surface area contributed by atoms with Gasteiger partial charge in [0, 0.05) is 28.9 Å². The van der Waals surface area contributed by atoms with Crippen LogP contribution in [0.2, 0.25) is 0 Å². The summed E-state index contributed by atoms with van der Waals surface area (Å²) in [6, 6.07) is 13.7. The van der Waals surface area contributed by atoms with Crippen molar-refractivity contribution < 1.29 is 14.0 Å². The Morgan fingerprint density at radius 2 is 1.76 bits per heavy atom. The summed E-state index contributed by atoms with van der Waals surface area (Å²) >= 11 is 1.38. The first kappa shape index (κ1) is 19.5. The molecule has 0 radical (unpaired) electrons. The Bertz CT molecular complexity index is 1120. The van der Waals surface area contributed by atoms with E-state index < -0.39 is 0 Å². The molecule has 0 atom stereocenters. The van der Waals surface area contributed by atoms with E-state index in [2.05, 4.69) is 4.98 Å². The van der Waals surface area contributed by atoms with Crippen LogP contribution in [0, 0.1) is 5.82 Å². The van der Waals surface area contributed by atoms with Crippen LogP contribution >= 0.6 is 11.8 Å².